The van der Waals surface area contributed by atoms with Crippen LogP contribution >= 0.6 is 0 Å². The number of nitrogens with zero attached hydrogens (tertiary/aromatic N) is 4. The molecule has 1 aliphatic rings. The molecule has 0 saturated carbocycles. The zero-order valence-corrected chi connectivity index (χ0v) is 17.8. The number of pyridine rings is 1. The van der Waals surface area contributed by atoms with Gasteiger partial charge in [-0.3, -0.25) is 0 Å². The van der Waals surface area contributed by atoms with Crippen LogP contribution in [-0.4, -0.2) is 48.7 Å². The van der Waals surface area contributed by atoms with Crippen LogP contribution in [0.3, 0.4) is 0 Å². The van der Waals surface area contributed by atoms with Crippen LogP contribution in [0.4, 0.5) is 20.7 Å². The highest BCUT2D eigenvalue weighted by atomic mass is 19.1. The normalized spacial score (nSPS) is 14.0. The van der Waals surface area contributed by atoms with Crippen molar-refractivity contribution in [3.8, 4) is 11.8 Å². The molecule has 7 nitrogen and oxygen atoms in total. The molecule has 1 saturated heterocycles. The lowest BCUT2D eigenvalue weighted by Gasteiger charge is -2.24. The summed E-state index contributed by atoms with van der Waals surface area (Å²) in [6.07, 6.45) is 0.741. The van der Waals surface area contributed by atoms with Crippen LogP contribution in [0.5, 0.6) is 5.75 Å². The third kappa shape index (κ3) is 4.72. The Morgan fingerprint density at radius 3 is 2.72 bits per heavy atom. The molecule has 1 aromatic heterocycles. The summed E-state index contributed by atoms with van der Waals surface area (Å²) >= 11 is 0. The van der Waals surface area contributed by atoms with E-state index in [1.54, 1.807) is 4.90 Å². The van der Waals surface area contributed by atoms with Crippen molar-refractivity contribution in [1.82, 2.24) is 9.88 Å². The van der Waals surface area contributed by atoms with Crippen LogP contribution in [0, 0.1) is 17.1 Å². The summed E-state index contributed by atoms with van der Waals surface area (Å²) in [5.74, 6) is 1.03. The molecule has 0 bridgehead atoms. The molecule has 1 fully saturated rings. The molecular weight excluding hydrogens is 409 g/mol. The lowest BCUT2D eigenvalue weighted by molar-refractivity contribution is 0.215. The van der Waals surface area contributed by atoms with Crippen molar-refractivity contribution in [3.05, 3.63) is 59.9 Å². The molecule has 164 valence electrons. The fraction of sp³-hybridized carbons (Fsp3) is 0.292. The summed E-state index contributed by atoms with van der Waals surface area (Å²) in [5.41, 5.74) is 1.83. The topological polar surface area (TPSA) is 81.5 Å². The van der Waals surface area contributed by atoms with Gasteiger partial charge >= 0.3 is 6.03 Å². The Balaban J connectivity index is 1.49. The van der Waals surface area contributed by atoms with Gasteiger partial charge in [-0.2, -0.15) is 5.26 Å². The minimum Gasteiger partial charge on any atom is -0.494 e. The molecule has 0 atom stereocenters. The van der Waals surface area contributed by atoms with E-state index in [0.29, 0.717) is 49.9 Å². The first kappa shape index (κ1) is 21.4. The van der Waals surface area contributed by atoms with Crippen LogP contribution in [0.15, 0.2) is 48.5 Å². The fourth-order valence-electron chi connectivity index (χ4n) is 3.79. The number of hydrogen-bond acceptors (Lipinski definition) is 5. The van der Waals surface area contributed by atoms with Crippen molar-refractivity contribution in [3.63, 3.8) is 0 Å². The molecule has 2 heterocycles. The molecule has 1 aliphatic heterocycles. The van der Waals surface area contributed by atoms with Gasteiger partial charge in [0, 0.05) is 37.3 Å². The van der Waals surface area contributed by atoms with Gasteiger partial charge in [-0.1, -0.05) is 0 Å². The van der Waals surface area contributed by atoms with E-state index in [1.807, 2.05) is 31.2 Å². The number of fused-ring (bicyclic) bond motifs is 1. The Hall–Kier alpha value is -3.86. The molecule has 0 aliphatic carbocycles. The molecule has 1 N–H and O–H groups in total. The van der Waals surface area contributed by atoms with Gasteiger partial charge in [-0.15, -0.1) is 0 Å². The number of anilines is 2. The Morgan fingerprint density at radius 2 is 1.97 bits per heavy atom. The maximum atomic E-state index is 13.1. The molecule has 0 unspecified atom stereocenters. The van der Waals surface area contributed by atoms with Crippen LogP contribution in [-0.2, 0) is 0 Å². The van der Waals surface area contributed by atoms with E-state index in [1.165, 1.54) is 24.3 Å². The second-order valence-electron chi connectivity index (χ2n) is 7.52. The van der Waals surface area contributed by atoms with E-state index in [2.05, 4.69) is 16.3 Å². The number of rotatable bonds is 4. The molecule has 32 heavy (non-hydrogen) atoms. The van der Waals surface area contributed by atoms with Gasteiger partial charge in [0.25, 0.3) is 0 Å². The molecule has 0 spiro atoms. The van der Waals surface area contributed by atoms with Gasteiger partial charge < -0.3 is 19.9 Å². The minimum absolute atomic E-state index is 0.228. The Labute approximate surface area is 186 Å². The second-order valence-corrected chi connectivity index (χ2v) is 7.52. The fourth-order valence-corrected chi connectivity index (χ4v) is 3.79. The molecule has 8 heteroatoms. The summed E-state index contributed by atoms with van der Waals surface area (Å²) in [4.78, 5) is 21.2. The average molecular weight is 433 g/mol. The smallest absolute Gasteiger partial charge is 0.321 e. The largest absolute Gasteiger partial charge is 0.494 e. The van der Waals surface area contributed by atoms with E-state index >= 15 is 0 Å². The summed E-state index contributed by atoms with van der Waals surface area (Å²) in [6, 6.07) is 15.2. The summed E-state index contributed by atoms with van der Waals surface area (Å²) in [6.45, 7) is 4.80. The van der Waals surface area contributed by atoms with E-state index in [0.717, 1.165) is 23.1 Å². The van der Waals surface area contributed by atoms with Crippen molar-refractivity contribution >= 4 is 28.4 Å². The predicted octanol–water partition coefficient (Wildman–Crippen LogP) is 4.39. The Bertz CT molecular complexity index is 1160. The minimum atomic E-state index is -0.348. The second kappa shape index (κ2) is 9.52. The first-order valence-corrected chi connectivity index (χ1v) is 10.6. The van der Waals surface area contributed by atoms with Gasteiger partial charge in [0.15, 0.2) is 0 Å². The number of halogens is 1. The lowest BCUT2D eigenvalue weighted by Crippen LogP contribution is -2.38. The number of nitriles is 1. The van der Waals surface area contributed by atoms with E-state index < -0.39 is 0 Å². The van der Waals surface area contributed by atoms with Gasteiger partial charge in [0.05, 0.1) is 17.7 Å². The monoisotopic (exact) mass is 433 g/mol. The maximum absolute atomic E-state index is 13.1. The van der Waals surface area contributed by atoms with Gasteiger partial charge in [-0.25, -0.2) is 14.2 Å². The SMILES string of the molecule is CCOc1ccc2nc(N3CCCN(C(=O)Nc4ccc(F)cc4)CC3)c(C#N)cc2c1. The average Bonchev–Trinajstić information content (AvgIpc) is 3.06. The number of aromatic nitrogens is 1. The van der Waals surface area contributed by atoms with E-state index in [4.69, 9.17) is 9.72 Å². The van der Waals surface area contributed by atoms with Crippen LogP contribution < -0.4 is 15.0 Å². The third-order valence-corrected chi connectivity index (χ3v) is 5.38. The van der Waals surface area contributed by atoms with Crippen molar-refractivity contribution in [2.75, 3.05) is 43.0 Å². The van der Waals surface area contributed by atoms with Crippen LogP contribution in [0.2, 0.25) is 0 Å². The van der Waals surface area contributed by atoms with Gasteiger partial charge in [-0.05, 0) is 61.9 Å². The Kier molecular flexibility index (Phi) is 6.36. The van der Waals surface area contributed by atoms with Gasteiger partial charge in [0.1, 0.15) is 23.5 Å². The third-order valence-electron chi connectivity index (χ3n) is 5.38. The van der Waals surface area contributed by atoms with Crippen molar-refractivity contribution in [2.24, 2.45) is 0 Å². The van der Waals surface area contributed by atoms with E-state index in [-0.39, 0.29) is 11.8 Å². The van der Waals surface area contributed by atoms with Gasteiger partial charge in [0.2, 0.25) is 0 Å². The van der Waals surface area contributed by atoms with Crippen molar-refractivity contribution in [1.29, 1.82) is 5.26 Å². The molecule has 3 aromatic rings. The first-order valence-electron chi connectivity index (χ1n) is 10.6. The van der Waals surface area contributed by atoms with E-state index in [9.17, 15) is 14.4 Å². The number of ether oxygens (including phenoxy) is 1. The number of carbonyl (C=O) groups excluding carboxylic acids is 1. The molecule has 4 rings (SSSR count). The summed E-state index contributed by atoms with van der Waals surface area (Å²) in [7, 11) is 0. The molecule has 2 amide bonds. The summed E-state index contributed by atoms with van der Waals surface area (Å²) in [5, 5.41) is 13.4. The standard InChI is InChI=1S/C24H24FN5O2/c1-2-32-21-8-9-22-17(15-21)14-18(16-26)23(28-22)29-10-3-11-30(13-12-29)24(31)27-20-6-4-19(25)5-7-20/h4-9,14-15H,2-3,10-13H2,1H3,(H,27,31). The number of urea groups is 1. The van der Waals surface area contributed by atoms with Crippen LogP contribution in [0.1, 0.15) is 18.9 Å². The number of nitrogens with one attached hydrogen (secondary N) is 1. The molecule has 2 aromatic carbocycles. The highest BCUT2D eigenvalue weighted by Gasteiger charge is 2.22. The number of benzene rings is 2. The van der Waals surface area contributed by atoms with Crippen molar-refractivity contribution < 1.29 is 13.9 Å². The highest BCUT2D eigenvalue weighted by Crippen LogP contribution is 2.27. The highest BCUT2D eigenvalue weighted by molar-refractivity contribution is 5.89. The van der Waals surface area contributed by atoms with Crippen molar-refractivity contribution in [2.45, 2.75) is 13.3 Å². The number of carbonyl (C=O) groups is 1. The predicted molar refractivity (Wildman–Crippen MR) is 121 cm³/mol. The maximum Gasteiger partial charge on any atom is 0.321 e. The number of hydrogen-bond donors (Lipinski definition) is 1. The zero-order chi connectivity index (χ0) is 22.5. The lowest BCUT2D eigenvalue weighted by atomic mass is 10.1. The Morgan fingerprint density at radius 1 is 1.16 bits per heavy atom. The van der Waals surface area contributed by atoms with Crippen LogP contribution in [0.25, 0.3) is 10.9 Å². The first-order chi connectivity index (χ1) is 15.6. The molecule has 0 radical (unpaired) electrons. The zero-order valence-electron chi connectivity index (χ0n) is 17.8. The quantitative estimate of drug-likeness (QED) is 0.660. The molecular formula is C24H24FN5O2. The number of amides is 2. The summed E-state index contributed by atoms with van der Waals surface area (Å²) < 4.78 is 18.6.